The topological polar surface area (TPSA) is 68.2 Å². The summed E-state index contributed by atoms with van der Waals surface area (Å²) in [4.78, 5) is 14.1. The maximum Gasteiger partial charge on any atom is 0.359 e. The lowest BCUT2D eigenvalue weighted by atomic mass is 10.1. The van der Waals surface area contributed by atoms with Crippen LogP contribution in [0.1, 0.15) is 22.4 Å². The van der Waals surface area contributed by atoms with Crippen LogP contribution in [0.3, 0.4) is 0 Å². The van der Waals surface area contributed by atoms with Crippen molar-refractivity contribution in [3.05, 3.63) is 64.8 Å². The van der Waals surface area contributed by atoms with Crippen LogP contribution in [0, 0.1) is 20.8 Å². The molecule has 1 unspecified atom stereocenters. The van der Waals surface area contributed by atoms with Crippen molar-refractivity contribution in [3.8, 4) is 0 Å². The summed E-state index contributed by atoms with van der Waals surface area (Å²) in [6.45, 7) is 8.93. The Hall–Kier alpha value is -2.99. The highest BCUT2D eigenvalue weighted by atomic mass is 15.4. The van der Waals surface area contributed by atoms with Gasteiger partial charge in [0, 0.05) is 10.9 Å². The minimum atomic E-state index is 0.616. The molecule has 1 aliphatic heterocycles. The molecule has 0 saturated heterocycles. The third-order valence-corrected chi connectivity index (χ3v) is 5.07. The zero-order chi connectivity index (χ0) is 18.8. The first-order chi connectivity index (χ1) is 13.1. The number of fused-ring (bicyclic) bond motifs is 1. The molecule has 0 spiro atoms. The number of rotatable bonds is 3. The minimum absolute atomic E-state index is 0.616. The molecule has 0 fully saturated rings. The Labute approximate surface area is 159 Å². The van der Waals surface area contributed by atoms with E-state index in [0.717, 1.165) is 42.4 Å². The van der Waals surface area contributed by atoms with E-state index in [1.807, 2.05) is 6.92 Å². The first kappa shape index (κ1) is 17.4. The van der Waals surface area contributed by atoms with Gasteiger partial charge in [0.15, 0.2) is 13.3 Å². The molecule has 4 rings (SSSR count). The lowest BCUT2D eigenvalue weighted by Gasteiger charge is -2.20. The van der Waals surface area contributed by atoms with Gasteiger partial charge in [-0.2, -0.15) is 4.98 Å². The fourth-order valence-corrected chi connectivity index (χ4v) is 3.36. The van der Waals surface area contributed by atoms with Crippen LogP contribution in [0.25, 0.3) is 10.9 Å². The van der Waals surface area contributed by atoms with Gasteiger partial charge in [0.05, 0.1) is 11.2 Å². The predicted molar refractivity (Wildman–Crippen MR) is 107 cm³/mol. The van der Waals surface area contributed by atoms with Crippen molar-refractivity contribution in [1.29, 1.82) is 0 Å². The molecular formula is C21H26N6+2. The van der Waals surface area contributed by atoms with Crippen molar-refractivity contribution in [2.75, 3.05) is 18.7 Å². The molecule has 3 aromatic rings. The molecule has 0 aliphatic carbocycles. The van der Waals surface area contributed by atoms with Crippen molar-refractivity contribution in [3.63, 3.8) is 0 Å². The Morgan fingerprint density at radius 3 is 2.59 bits per heavy atom. The zero-order valence-corrected chi connectivity index (χ0v) is 16.1. The first-order valence-corrected chi connectivity index (χ1v) is 9.33. The number of benzene rings is 2. The zero-order valence-electron chi connectivity index (χ0n) is 16.1. The van der Waals surface area contributed by atoms with Gasteiger partial charge in [-0.1, -0.05) is 30.3 Å². The van der Waals surface area contributed by atoms with Crippen LogP contribution in [-0.2, 0) is 6.54 Å². The minimum Gasteiger partial charge on any atom is -0.273 e. The lowest BCUT2D eigenvalue weighted by Crippen LogP contribution is -3.23. The van der Waals surface area contributed by atoms with Gasteiger partial charge in [-0.3, -0.25) is 4.90 Å². The number of nitrogens with zero attached hydrogens (tertiary/aromatic N) is 2. The van der Waals surface area contributed by atoms with E-state index in [1.165, 1.54) is 21.6 Å². The third-order valence-electron chi connectivity index (χ3n) is 5.07. The highest BCUT2D eigenvalue weighted by Gasteiger charge is 2.21. The number of hydrogen-bond donors (Lipinski definition) is 4. The summed E-state index contributed by atoms with van der Waals surface area (Å²) in [6, 6.07) is 14.8. The van der Waals surface area contributed by atoms with Crippen LogP contribution in [-0.4, -0.2) is 29.3 Å². The number of guanidine groups is 1. The van der Waals surface area contributed by atoms with Gasteiger partial charge in [0.25, 0.3) is 5.95 Å². The van der Waals surface area contributed by atoms with E-state index in [4.69, 9.17) is 0 Å². The van der Waals surface area contributed by atoms with Crippen LogP contribution in [0.5, 0.6) is 0 Å². The molecule has 4 N–H and O–H groups in total. The third kappa shape index (κ3) is 3.90. The van der Waals surface area contributed by atoms with E-state index in [2.05, 4.69) is 81.9 Å². The summed E-state index contributed by atoms with van der Waals surface area (Å²) in [5, 5.41) is 7.80. The van der Waals surface area contributed by atoms with Crippen LogP contribution >= 0.6 is 0 Å². The number of quaternary nitrogens is 1. The van der Waals surface area contributed by atoms with Gasteiger partial charge in [-0.15, -0.1) is 0 Å². The van der Waals surface area contributed by atoms with Gasteiger partial charge < -0.3 is 0 Å². The van der Waals surface area contributed by atoms with Crippen molar-refractivity contribution in [1.82, 2.24) is 15.3 Å². The molecule has 1 aliphatic rings. The second-order valence-corrected chi connectivity index (χ2v) is 7.21. The number of anilines is 1. The summed E-state index contributed by atoms with van der Waals surface area (Å²) in [5.41, 5.74) is 5.81. The molecule has 1 atom stereocenters. The van der Waals surface area contributed by atoms with Crippen molar-refractivity contribution < 1.29 is 9.89 Å². The number of hydrogen-bond acceptors (Lipinski definition) is 4. The summed E-state index contributed by atoms with van der Waals surface area (Å²) >= 11 is 0. The van der Waals surface area contributed by atoms with E-state index in [9.17, 15) is 0 Å². The maximum atomic E-state index is 4.69. The Bertz CT molecular complexity index is 996. The lowest BCUT2D eigenvalue weighted by molar-refractivity contribution is -0.991. The van der Waals surface area contributed by atoms with Gasteiger partial charge in [-0.05, 0) is 44.0 Å². The summed E-state index contributed by atoms with van der Waals surface area (Å²) in [5.74, 6) is 1.47. The average molecular weight is 362 g/mol. The van der Waals surface area contributed by atoms with Crippen LogP contribution in [0.15, 0.2) is 42.5 Å². The number of aromatic nitrogens is 2. The maximum absolute atomic E-state index is 4.69. The van der Waals surface area contributed by atoms with Crippen LogP contribution < -0.4 is 20.5 Å². The molecule has 0 saturated carbocycles. The molecule has 2 aromatic carbocycles. The predicted octanol–water partition coefficient (Wildman–Crippen LogP) is 0.00686. The molecule has 6 heteroatoms. The Morgan fingerprint density at radius 1 is 1.07 bits per heavy atom. The second-order valence-electron chi connectivity index (χ2n) is 7.21. The smallest absolute Gasteiger partial charge is 0.273 e. The highest BCUT2D eigenvalue weighted by Crippen LogP contribution is 2.21. The summed E-state index contributed by atoms with van der Waals surface area (Å²) in [6.07, 6.45) is 0. The average Bonchev–Trinajstić information content (AvgIpc) is 2.66. The SMILES string of the molecule is Cc1cc2nc(NC3=[NH+]C[NH+](Cc4ccccc4)CN3)nc(C)c2cc1C. The Balaban J connectivity index is 1.47. The van der Waals surface area contributed by atoms with E-state index < -0.39 is 0 Å². The molecule has 27 heavy (non-hydrogen) atoms. The van der Waals surface area contributed by atoms with Gasteiger partial charge >= 0.3 is 5.96 Å². The largest absolute Gasteiger partial charge is 0.359 e. The van der Waals surface area contributed by atoms with Gasteiger partial charge in [0.1, 0.15) is 6.54 Å². The summed E-state index contributed by atoms with van der Waals surface area (Å²) < 4.78 is 0. The van der Waals surface area contributed by atoms with Crippen molar-refractivity contribution in [2.45, 2.75) is 27.3 Å². The fraction of sp³-hybridized carbons (Fsp3) is 0.286. The summed E-state index contributed by atoms with van der Waals surface area (Å²) in [7, 11) is 0. The molecule has 138 valence electrons. The fourth-order valence-electron chi connectivity index (χ4n) is 3.36. The molecule has 0 radical (unpaired) electrons. The molecule has 0 amide bonds. The van der Waals surface area contributed by atoms with Gasteiger partial charge in [0.2, 0.25) is 0 Å². The highest BCUT2D eigenvalue weighted by molar-refractivity contribution is 5.89. The second kappa shape index (κ2) is 7.32. The van der Waals surface area contributed by atoms with E-state index in [-0.39, 0.29) is 0 Å². The monoisotopic (exact) mass is 362 g/mol. The molecule has 6 nitrogen and oxygen atoms in total. The van der Waals surface area contributed by atoms with E-state index in [0.29, 0.717) is 5.95 Å². The normalized spacial score (nSPS) is 16.7. The molecule has 1 aromatic heterocycles. The quantitative estimate of drug-likeness (QED) is 0.530. The van der Waals surface area contributed by atoms with E-state index in [1.54, 1.807) is 0 Å². The first-order valence-electron chi connectivity index (χ1n) is 9.33. The van der Waals surface area contributed by atoms with Crippen LogP contribution in [0.4, 0.5) is 5.95 Å². The van der Waals surface area contributed by atoms with Crippen LogP contribution in [0.2, 0.25) is 0 Å². The molecule has 0 bridgehead atoms. The number of aryl methyl sites for hydroxylation is 3. The van der Waals surface area contributed by atoms with Crippen molar-refractivity contribution >= 4 is 22.8 Å². The standard InChI is InChI=1S/C21H24N6/c1-14-9-18-16(3)24-21(25-19(18)10-15(14)2)26-20-22-12-27(13-23-20)11-17-7-5-4-6-8-17/h4-10H,11-13H2,1-3H3,(H2,22,23,24,25,26)/p+2. The molecular weight excluding hydrogens is 336 g/mol. The Kier molecular flexibility index (Phi) is 4.73. The van der Waals surface area contributed by atoms with Crippen molar-refractivity contribution in [2.24, 2.45) is 0 Å². The Morgan fingerprint density at radius 2 is 1.85 bits per heavy atom. The number of nitrogens with one attached hydrogen (secondary N) is 4. The van der Waals surface area contributed by atoms with E-state index >= 15 is 0 Å². The molecule has 2 heterocycles. The van der Waals surface area contributed by atoms with Gasteiger partial charge in [-0.25, -0.2) is 20.6 Å².